The highest BCUT2D eigenvalue weighted by Crippen LogP contribution is 2.26. The van der Waals surface area contributed by atoms with E-state index in [1.165, 1.54) is 17.7 Å². The molecule has 0 aliphatic rings. The largest absolute Gasteiger partial charge is 0.474 e. The Labute approximate surface area is 165 Å². The van der Waals surface area contributed by atoms with Crippen LogP contribution < -0.4 is 9.47 Å². The minimum Gasteiger partial charge on any atom is -0.474 e. The second-order valence-electron chi connectivity index (χ2n) is 6.48. The Morgan fingerprint density at radius 2 is 1.69 bits per heavy atom. The number of rotatable bonds is 7. The van der Waals surface area contributed by atoms with E-state index in [4.69, 9.17) is 4.74 Å². The maximum atomic E-state index is 12.4. The Kier molecular flexibility index (Phi) is 5.33. The van der Waals surface area contributed by atoms with E-state index in [9.17, 15) is 8.78 Å². The number of ether oxygens (including phenoxy) is 2. The van der Waals surface area contributed by atoms with Crippen LogP contribution >= 0.6 is 0 Å². The van der Waals surface area contributed by atoms with Crippen LogP contribution in [-0.4, -0.2) is 32.3 Å². The topological polar surface area (TPSA) is 61.5 Å². The van der Waals surface area contributed by atoms with Crippen molar-refractivity contribution in [1.29, 1.82) is 0 Å². The molecule has 1 atom stereocenters. The van der Waals surface area contributed by atoms with Crippen molar-refractivity contribution in [3.05, 3.63) is 72.6 Å². The van der Waals surface area contributed by atoms with Gasteiger partial charge in [-0.3, -0.25) is 4.98 Å². The Bertz CT molecular complexity index is 1090. The fourth-order valence-corrected chi connectivity index (χ4v) is 3.07. The summed E-state index contributed by atoms with van der Waals surface area (Å²) in [6, 6.07) is 16.3. The maximum Gasteiger partial charge on any atom is 0.387 e. The molecule has 8 heteroatoms. The molecule has 6 nitrogen and oxygen atoms in total. The summed E-state index contributed by atoms with van der Waals surface area (Å²) in [6.45, 7) is -0.890. The number of halogens is 2. The van der Waals surface area contributed by atoms with Gasteiger partial charge in [0.25, 0.3) is 0 Å². The summed E-state index contributed by atoms with van der Waals surface area (Å²) in [5, 5.41) is 8.35. The van der Waals surface area contributed by atoms with Gasteiger partial charge in [0.05, 0.1) is 12.4 Å². The number of hydrogen-bond acceptors (Lipinski definition) is 5. The molecule has 1 unspecified atom stereocenters. The van der Waals surface area contributed by atoms with Gasteiger partial charge in [-0.1, -0.05) is 30.3 Å². The van der Waals surface area contributed by atoms with Crippen molar-refractivity contribution in [2.45, 2.75) is 26.1 Å². The molecular weight excluding hydrogens is 378 g/mol. The summed E-state index contributed by atoms with van der Waals surface area (Å²) in [7, 11) is 0. The molecule has 2 heterocycles. The zero-order valence-corrected chi connectivity index (χ0v) is 15.6. The molecule has 4 aromatic rings. The smallest absolute Gasteiger partial charge is 0.387 e. The van der Waals surface area contributed by atoms with E-state index in [1.54, 1.807) is 28.9 Å². The standard InChI is InChI=1S/C21H18F2N4O2/c1-14(11-15-5-3-2-4-6-15)28-19-13-24-12-18-25-26-20(27(18)19)16-7-9-17(10-8-16)29-21(22)23/h2-10,12-14,21H,11H2,1H3. The van der Waals surface area contributed by atoms with Gasteiger partial charge in [0.1, 0.15) is 11.9 Å². The van der Waals surface area contributed by atoms with Crippen LogP contribution in [-0.2, 0) is 6.42 Å². The summed E-state index contributed by atoms with van der Waals surface area (Å²) in [6.07, 6.45) is 3.81. The molecule has 0 N–H and O–H groups in total. The molecule has 4 rings (SSSR count). The van der Waals surface area contributed by atoms with Crippen molar-refractivity contribution in [3.63, 3.8) is 0 Å². The molecule has 0 saturated heterocycles. The van der Waals surface area contributed by atoms with Crippen LogP contribution in [0.1, 0.15) is 12.5 Å². The van der Waals surface area contributed by atoms with E-state index >= 15 is 0 Å². The number of alkyl halides is 2. The SMILES string of the molecule is CC(Cc1ccccc1)Oc1cncc2nnc(-c3ccc(OC(F)F)cc3)n12. The second kappa shape index (κ2) is 8.22. The molecule has 0 amide bonds. The van der Waals surface area contributed by atoms with Gasteiger partial charge >= 0.3 is 6.61 Å². The molecule has 0 saturated carbocycles. The normalized spacial score (nSPS) is 12.3. The van der Waals surface area contributed by atoms with Crippen LogP contribution in [0.2, 0.25) is 0 Å². The second-order valence-corrected chi connectivity index (χ2v) is 6.48. The first-order valence-corrected chi connectivity index (χ1v) is 9.05. The van der Waals surface area contributed by atoms with Crippen LogP contribution in [0, 0.1) is 0 Å². The van der Waals surface area contributed by atoms with Crippen molar-refractivity contribution >= 4 is 5.65 Å². The Balaban J connectivity index is 1.62. The van der Waals surface area contributed by atoms with Gasteiger partial charge in [0.2, 0.25) is 5.88 Å². The van der Waals surface area contributed by atoms with Gasteiger partial charge in [0.15, 0.2) is 11.5 Å². The fourth-order valence-electron chi connectivity index (χ4n) is 3.07. The van der Waals surface area contributed by atoms with Gasteiger partial charge in [-0.25, -0.2) is 4.40 Å². The molecule has 0 fully saturated rings. The van der Waals surface area contributed by atoms with E-state index in [-0.39, 0.29) is 11.9 Å². The predicted octanol–water partition coefficient (Wildman–Crippen LogP) is 4.40. The summed E-state index contributed by atoms with van der Waals surface area (Å²) in [5.41, 5.74) is 2.38. The number of benzene rings is 2. The molecule has 0 aliphatic carbocycles. The fraction of sp³-hybridized carbons (Fsp3) is 0.190. The highest BCUT2D eigenvalue weighted by atomic mass is 19.3. The van der Waals surface area contributed by atoms with E-state index < -0.39 is 6.61 Å². The van der Waals surface area contributed by atoms with Crippen molar-refractivity contribution in [2.75, 3.05) is 0 Å². The quantitative estimate of drug-likeness (QED) is 0.463. The van der Waals surface area contributed by atoms with Gasteiger partial charge in [-0.05, 0) is 36.8 Å². The summed E-state index contributed by atoms with van der Waals surface area (Å²) < 4.78 is 37.0. The Morgan fingerprint density at radius 3 is 2.41 bits per heavy atom. The lowest BCUT2D eigenvalue weighted by Gasteiger charge is -2.16. The van der Waals surface area contributed by atoms with Crippen molar-refractivity contribution in [3.8, 4) is 23.0 Å². The molecular formula is C21H18F2N4O2. The summed E-state index contributed by atoms with van der Waals surface area (Å²) in [4.78, 5) is 4.18. The Morgan fingerprint density at radius 1 is 0.931 bits per heavy atom. The van der Waals surface area contributed by atoms with Crippen LogP contribution in [0.5, 0.6) is 11.6 Å². The van der Waals surface area contributed by atoms with E-state index in [2.05, 4.69) is 19.9 Å². The highest BCUT2D eigenvalue weighted by Gasteiger charge is 2.16. The monoisotopic (exact) mass is 396 g/mol. The molecule has 0 bridgehead atoms. The average Bonchev–Trinajstić information content (AvgIpc) is 3.14. The number of aromatic nitrogens is 4. The third-order valence-electron chi connectivity index (χ3n) is 4.31. The van der Waals surface area contributed by atoms with Crippen molar-refractivity contribution in [2.24, 2.45) is 0 Å². The number of nitrogens with zero attached hydrogens (tertiary/aromatic N) is 4. The summed E-state index contributed by atoms with van der Waals surface area (Å²) in [5.74, 6) is 1.10. The predicted molar refractivity (Wildman–Crippen MR) is 103 cm³/mol. The number of hydrogen-bond donors (Lipinski definition) is 0. The number of fused-ring (bicyclic) bond motifs is 1. The molecule has 2 aromatic carbocycles. The molecule has 0 radical (unpaired) electrons. The first-order valence-electron chi connectivity index (χ1n) is 9.05. The van der Waals surface area contributed by atoms with Gasteiger partial charge in [0, 0.05) is 12.0 Å². The molecule has 0 spiro atoms. The maximum absolute atomic E-state index is 12.4. The van der Waals surface area contributed by atoms with Gasteiger partial charge in [-0.15, -0.1) is 10.2 Å². The minimum absolute atomic E-state index is 0.0761. The van der Waals surface area contributed by atoms with Crippen molar-refractivity contribution < 1.29 is 18.3 Å². The van der Waals surface area contributed by atoms with Crippen LogP contribution in [0.15, 0.2) is 67.0 Å². The third kappa shape index (κ3) is 4.31. The zero-order chi connectivity index (χ0) is 20.2. The summed E-state index contributed by atoms with van der Waals surface area (Å²) >= 11 is 0. The third-order valence-corrected chi connectivity index (χ3v) is 4.31. The van der Waals surface area contributed by atoms with Crippen LogP contribution in [0.4, 0.5) is 8.78 Å². The molecule has 148 valence electrons. The zero-order valence-electron chi connectivity index (χ0n) is 15.6. The average molecular weight is 396 g/mol. The van der Waals surface area contributed by atoms with Crippen LogP contribution in [0.3, 0.4) is 0 Å². The van der Waals surface area contributed by atoms with E-state index in [0.717, 1.165) is 6.42 Å². The molecule has 0 aliphatic heterocycles. The lowest BCUT2D eigenvalue weighted by Crippen LogP contribution is -2.17. The lowest BCUT2D eigenvalue weighted by atomic mass is 10.1. The minimum atomic E-state index is -2.87. The molecule has 29 heavy (non-hydrogen) atoms. The van der Waals surface area contributed by atoms with Gasteiger partial charge in [-0.2, -0.15) is 8.78 Å². The van der Waals surface area contributed by atoms with Crippen molar-refractivity contribution in [1.82, 2.24) is 19.6 Å². The first kappa shape index (κ1) is 18.8. The Hall–Kier alpha value is -3.55. The highest BCUT2D eigenvalue weighted by molar-refractivity contribution is 5.61. The van der Waals surface area contributed by atoms with E-state index in [1.807, 2.05) is 37.3 Å². The van der Waals surface area contributed by atoms with Crippen LogP contribution in [0.25, 0.3) is 17.0 Å². The molecule has 2 aromatic heterocycles. The van der Waals surface area contributed by atoms with E-state index in [0.29, 0.717) is 22.9 Å². The lowest BCUT2D eigenvalue weighted by molar-refractivity contribution is -0.0498. The van der Waals surface area contributed by atoms with Gasteiger partial charge < -0.3 is 9.47 Å². The first-order chi connectivity index (χ1) is 14.1.